The Morgan fingerprint density at radius 1 is 0.949 bits per heavy atom. The fourth-order valence-electron chi connectivity index (χ4n) is 6.72. The minimum Gasteiger partial charge on any atom is -0.507 e. The van der Waals surface area contributed by atoms with Crippen LogP contribution in [0.1, 0.15) is 41.0 Å². The van der Waals surface area contributed by atoms with Crippen molar-refractivity contribution in [3.8, 4) is 5.75 Å². The van der Waals surface area contributed by atoms with E-state index in [4.69, 9.17) is 11.6 Å². The third-order valence-electron chi connectivity index (χ3n) is 8.59. The standard InChI is InChI=1S/C31H25BrClNO5/c1-13-4-5-17(10-23(13)33)34-30(38)19-7-6-18-20(26(19)31(34)39)11-21-27(24(35)12-22(32)29(21)37)25(18)16-8-14(2)28(36)15(3)9-16/h4-6,8-10,12,19-20,25-26,36H,7,11H2,1-3H3. The van der Waals surface area contributed by atoms with Gasteiger partial charge < -0.3 is 5.11 Å². The van der Waals surface area contributed by atoms with Gasteiger partial charge in [-0.3, -0.25) is 19.2 Å². The van der Waals surface area contributed by atoms with Crippen molar-refractivity contribution in [2.24, 2.45) is 17.8 Å². The maximum absolute atomic E-state index is 14.0. The summed E-state index contributed by atoms with van der Waals surface area (Å²) < 4.78 is 0.188. The molecule has 4 aliphatic rings. The van der Waals surface area contributed by atoms with Gasteiger partial charge in [0.05, 0.1) is 22.0 Å². The summed E-state index contributed by atoms with van der Waals surface area (Å²) in [7, 11) is 0. The molecule has 1 saturated heterocycles. The molecule has 1 heterocycles. The number of phenols is 1. The summed E-state index contributed by atoms with van der Waals surface area (Å²) in [5, 5.41) is 10.9. The number of rotatable bonds is 2. The van der Waals surface area contributed by atoms with Gasteiger partial charge in [0.1, 0.15) is 5.75 Å². The number of aromatic hydroxyl groups is 1. The van der Waals surface area contributed by atoms with Gasteiger partial charge in [0, 0.05) is 28.2 Å². The number of carbonyl (C=O) groups is 4. The Labute approximate surface area is 239 Å². The molecule has 0 radical (unpaired) electrons. The number of aryl methyl sites for hydroxylation is 3. The smallest absolute Gasteiger partial charge is 0.238 e. The fraction of sp³-hybridized carbons (Fsp3) is 0.290. The summed E-state index contributed by atoms with van der Waals surface area (Å²) >= 11 is 9.58. The molecular formula is C31H25BrClNO5. The number of nitrogens with zero attached hydrogens (tertiary/aromatic N) is 1. The summed E-state index contributed by atoms with van der Waals surface area (Å²) in [6, 6.07) is 8.81. The third kappa shape index (κ3) is 3.81. The van der Waals surface area contributed by atoms with E-state index in [1.165, 1.54) is 11.0 Å². The molecule has 0 spiro atoms. The van der Waals surface area contributed by atoms with Crippen molar-refractivity contribution in [1.82, 2.24) is 0 Å². The Bertz CT molecular complexity index is 1610. The summed E-state index contributed by atoms with van der Waals surface area (Å²) in [4.78, 5) is 55.6. The molecule has 0 bridgehead atoms. The molecule has 0 aromatic heterocycles. The summed E-state index contributed by atoms with van der Waals surface area (Å²) in [5.41, 5.74) is 5.02. The van der Waals surface area contributed by atoms with Gasteiger partial charge >= 0.3 is 0 Å². The van der Waals surface area contributed by atoms with E-state index in [2.05, 4.69) is 15.9 Å². The van der Waals surface area contributed by atoms with Crippen molar-refractivity contribution in [1.29, 1.82) is 0 Å². The SMILES string of the molecule is Cc1ccc(N2C(=O)C3CC=C4C(c5cc(C)c(O)c(C)c5)C5=C(CC4C3C2=O)C(=O)C(Br)=CC5=O)cc1Cl. The van der Waals surface area contributed by atoms with E-state index in [1.54, 1.807) is 32.0 Å². The summed E-state index contributed by atoms with van der Waals surface area (Å²) in [6.45, 7) is 5.44. The molecule has 2 aromatic rings. The number of halogens is 2. The molecule has 3 aliphatic carbocycles. The molecule has 4 atom stereocenters. The van der Waals surface area contributed by atoms with Crippen LogP contribution < -0.4 is 4.90 Å². The predicted octanol–water partition coefficient (Wildman–Crippen LogP) is 5.94. The highest BCUT2D eigenvalue weighted by atomic mass is 79.9. The number of benzene rings is 2. The van der Waals surface area contributed by atoms with Crippen molar-refractivity contribution >= 4 is 56.6 Å². The molecule has 2 aromatic carbocycles. The molecule has 0 saturated carbocycles. The number of Topliss-reactive ketones (excluding diaryl/α,β-unsaturated/α-hetero) is 1. The van der Waals surface area contributed by atoms with Gasteiger partial charge in [-0.25, -0.2) is 4.90 Å². The molecule has 1 fully saturated rings. The first-order valence-corrected chi connectivity index (χ1v) is 14.0. The maximum Gasteiger partial charge on any atom is 0.238 e. The van der Waals surface area contributed by atoms with E-state index in [0.29, 0.717) is 39.4 Å². The number of phenolic OH excluding ortho intramolecular Hbond substituents is 1. The highest BCUT2D eigenvalue weighted by Crippen LogP contribution is 2.56. The second-order valence-electron chi connectivity index (χ2n) is 10.8. The summed E-state index contributed by atoms with van der Waals surface area (Å²) in [5.74, 6) is -3.16. The van der Waals surface area contributed by atoms with Gasteiger partial charge in [-0.05, 0) is 89.8 Å². The molecule has 4 unspecified atom stereocenters. The number of carbonyl (C=O) groups excluding carboxylic acids is 4. The van der Waals surface area contributed by atoms with Crippen LogP contribution in [0.25, 0.3) is 0 Å². The Morgan fingerprint density at radius 2 is 1.64 bits per heavy atom. The second kappa shape index (κ2) is 9.14. The van der Waals surface area contributed by atoms with Crippen molar-refractivity contribution in [2.75, 3.05) is 4.90 Å². The van der Waals surface area contributed by atoms with E-state index in [-0.39, 0.29) is 40.0 Å². The van der Waals surface area contributed by atoms with Gasteiger partial charge in [0.15, 0.2) is 11.6 Å². The average Bonchev–Trinajstić information content (AvgIpc) is 3.15. The number of fused-ring (bicyclic) bond motifs is 3. The average molecular weight is 607 g/mol. The van der Waals surface area contributed by atoms with Crippen LogP contribution in [0.5, 0.6) is 5.75 Å². The monoisotopic (exact) mass is 605 g/mol. The number of hydrogen-bond acceptors (Lipinski definition) is 5. The lowest BCUT2D eigenvalue weighted by atomic mass is 9.59. The zero-order valence-corrected chi connectivity index (χ0v) is 23.9. The number of imide groups is 1. The van der Waals surface area contributed by atoms with Crippen LogP contribution in [-0.2, 0) is 19.2 Å². The first-order chi connectivity index (χ1) is 18.5. The van der Waals surface area contributed by atoms with Crippen LogP contribution in [0, 0.1) is 38.5 Å². The highest BCUT2D eigenvalue weighted by molar-refractivity contribution is 9.12. The van der Waals surface area contributed by atoms with E-state index in [0.717, 1.165) is 16.7 Å². The van der Waals surface area contributed by atoms with Gasteiger partial charge in [-0.2, -0.15) is 0 Å². The Balaban J connectivity index is 1.50. The Morgan fingerprint density at radius 3 is 2.31 bits per heavy atom. The molecule has 1 N–H and O–H groups in total. The van der Waals surface area contributed by atoms with Crippen LogP contribution >= 0.6 is 27.5 Å². The lowest BCUT2D eigenvalue weighted by molar-refractivity contribution is -0.123. The number of ketones is 2. The van der Waals surface area contributed by atoms with Crippen LogP contribution in [0.2, 0.25) is 5.02 Å². The third-order valence-corrected chi connectivity index (χ3v) is 9.59. The maximum atomic E-state index is 14.0. The van der Waals surface area contributed by atoms with Crippen molar-refractivity contribution in [2.45, 2.75) is 39.5 Å². The zero-order chi connectivity index (χ0) is 27.9. The second-order valence-corrected chi connectivity index (χ2v) is 12.1. The highest BCUT2D eigenvalue weighted by Gasteiger charge is 2.56. The number of hydrogen-bond donors (Lipinski definition) is 1. The lowest BCUT2D eigenvalue weighted by Crippen LogP contribution is -2.39. The van der Waals surface area contributed by atoms with Gasteiger partial charge in [0.25, 0.3) is 0 Å². The van der Waals surface area contributed by atoms with Crippen LogP contribution in [0.3, 0.4) is 0 Å². The Kier molecular flexibility index (Phi) is 6.08. The molecule has 8 heteroatoms. The minimum absolute atomic E-state index is 0.177. The number of anilines is 1. The molecule has 6 rings (SSSR count). The number of allylic oxidation sites excluding steroid dienone is 6. The van der Waals surface area contributed by atoms with Crippen LogP contribution in [0.4, 0.5) is 5.69 Å². The van der Waals surface area contributed by atoms with Crippen molar-refractivity contribution in [3.63, 3.8) is 0 Å². The van der Waals surface area contributed by atoms with E-state index in [1.807, 2.05) is 25.1 Å². The minimum atomic E-state index is -0.666. The van der Waals surface area contributed by atoms with Crippen molar-refractivity contribution < 1.29 is 24.3 Å². The zero-order valence-electron chi connectivity index (χ0n) is 21.5. The fourth-order valence-corrected chi connectivity index (χ4v) is 7.34. The number of amides is 2. The molecular weight excluding hydrogens is 582 g/mol. The molecule has 198 valence electrons. The molecule has 39 heavy (non-hydrogen) atoms. The van der Waals surface area contributed by atoms with E-state index in [9.17, 15) is 24.3 Å². The first-order valence-electron chi connectivity index (χ1n) is 12.8. The van der Waals surface area contributed by atoms with Gasteiger partial charge in [0.2, 0.25) is 11.8 Å². The predicted molar refractivity (Wildman–Crippen MR) is 151 cm³/mol. The van der Waals surface area contributed by atoms with Gasteiger partial charge in [-0.1, -0.05) is 41.4 Å². The summed E-state index contributed by atoms with van der Waals surface area (Å²) in [6.07, 6.45) is 3.85. The quantitative estimate of drug-likeness (QED) is 0.260. The Hall–Kier alpha value is -3.29. The molecule has 1 aliphatic heterocycles. The normalized spacial score (nSPS) is 26.3. The van der Waals surface area contributed by atoms with E-state index >= 15 is 0 Å². The topological polar surface area (TPSA) is 91.8 Å². The lowest BCUT2D eigenvalue weighted by Gasteiger charge is -2.42. The van der Waals surface area contributed by atoms with Crippen LogP contribution in [-0.4, -0.2) is 28.5 Å². The largest absolute Gasteiger partial charge is 0.507 e. The van der Waals surface area contributed by atoms with Gasteiger partial charge in [-0.15, -0.1) is 0 Å². The first kappa shape index (κ1) is 26.0. The molecule has 6 nitrogen and oxygen atoms in total. The van der Waals surface area contributed by atoms with E-state index < -0.39 is 23.7 Å². The molecule has 2 amide bonds. The van der Waals surface area contributed by atoms with Crippen molar-refractivity contribution in [3.05, 3.63) is 91.0 Å². The van der Waals surface area contributed by atoms with Crippen LogP contribution in [0.15, 0.2) is 63.7 Å².